The number of nitrogens with two attached hydrogens (primary N) is 1. The Morgan fingerprint density at radius 1 is 0.912 bits per heavy atom. The SMILES string of the molecule is CC(=O)c1c(-c2cccc(C(F)(F)F)c2)c(C(=O)c2ccc(C)cc2)n2ccc(C(N)=O)cc12. The van der Waals surface area contributed by atoms with Crippen LogP contribution in [0.15, 0.2) is 66.9 Å². The summed E-state index contributed by atoms with van der Waals surface area (Å²) >= 11 is 0. The van der Waals surface area contributed by atoms with E-state index in [4.69, 9.17) is 5.73 Å². The summed E-state index contributed by atoms with van der Waals surface area (Å²) in [5.74, 6) is -1.71. The molecular formula is C26H19F3N2O3. The second-order valence-electron chi connectivity index (χ2n) is 7.96. The van der Waals surface area contributed by atoms with Crippen molar-refractivity contribution in [2.45, 2.75) is 20.0 Å². The molecule has 34 heavy (non-hydrogen) atoms. The van der Waals surface area contributed by atoms with Crippen molar-refractivity contribution >= 4 is 23.0 Å². The third-order valence-corrected chi connectivity index (χ3v) is 5.58. The summed E-state index contributed by atoms with van der Waals surface area (Å²) in [4.78, 5) is 38.2. The van der Waals surface area contributed by atoms with Crippen LogP contribution in [0.1, 0.15) is 54.8 Å². The molecule has 0 fully saturated rings. The van der Waals surface area contributed by atoms with Crippen molar-refractivity contribution in [1.82, 2.24) is 4.40 Å². The van der Waals surface area contributed by atoms with E-state index in [1.165, 1.54) is 41.8 Å². The number of aromatic nitrogens is 1. The summed E-state index contributed by atoms with van der Waals surface area (Å²) in [7, 11) is 0. The second kappa shape index (κ2) is 8.30. The van der Waals surface area contributed by atoms with Gasteiger partial charge in [0, 0.05) is 22.9 Å². The number of ketones is 2. The van der Waals surface area contributed by atoms with Crippen LogP contribution in [0.2, 0.25) is 0 Å². The van der Waals surface area contributed by atoms with Crippen molar-refractivity contribution in [1.29, 1.82) is 0 Å². The van der Waals surface area contributed by atoms with Crippen LogP contribution < -0.4 is 5.73 Å². The van der Waals surface area contributed by atoms with Crippen molar-refractivity contribution in [2.75, 3.05) is 0 Å². The summed E-state index contributed by atoms with van der Waals surface area (Å²) in [5, 5.41) is 0. The lowest BCUT2D eigenvalue weighted by Gasteiger charge is -2.11. The molecule has 0 radical (unpaired) electrons. The third-order valence-electron chi connectivity index (χ3n) is 5.58. The molecule has 0 unspecified atom stereocenters. The number of nitrogens with zero attached hydrogens (tertiary/aromatic N) is 1. The number of hydrogen-bond donors (Lipinski definition) is 1. The average Bonchev–Trinajstić information content (AvgIpc) is 3.13. The first kappa shape index (κ1) is 23.0. The molecule has 4 rings (SSSR count). The number of halogens is 3. The van der Waals surface area contributed by atoms with E-state index in [0.717, 1.165) is 17.7 Å². The molecule has 2 aromatic carbocycles. The Morgan fingerprint density at radius 2 is 1.59 bits per heavy atom. The summed E-state index contributed by atoms with van der Waals surface area (Å²) < 4.78 is 41.8. The van der Waals surface area contributed by atoms with Crippen LogP contribution in [-0.4, -0.2) is 21.9 Å². The van der Waals surface area contributed by atoms with E-state index in [1.54, 1.807) is 24.3 Å². The van der Waals surface area contributed by atoms with E-state index in [9.17, 15) is 27.6 Å². The molecule has 8 heteroatoms. The van der Waals surface area contributed by atoms with E-state index in [1.807, 2.05) is 6.92 Å². The van der Waals surface area contributed by atoms with Gasteiger partial charge in [0.15, 0.2) is 5.78 Å². The molecule has 2 aromatic heterocycles. The van der Waals surface area contributed by atoms with Crippen LogP contribution >= 0.6 is 0 Å². The number of primary amides is 1. The number of amides is 1. The molecule has 0 aliphatic rings. The lowest BCUT2D eigenvalue weighted by molar-refractivity contribution is -0.137. The number of hydrogen-bond acceptors (Lipinski definition) is 3. The van der Waals surface area contributed by atoms with Crippen molar-refractivity contribution in [3.8, 4) is 11.1 Å². The van der Waals surface area contributed by atoms with Crippen LogP contribution in [0.3, 0.4) is 0 Å². The van der Waals surface area contributed by atoms with Gasteiger partial charge in [-0.15, -0.1) is 0 Å². The summed E-state index contributed by atoms with van der Waals surface area (Å²) in [6.07, 6.45) is -3.20. The Labute approximate surface area is 192 Å². The van der Waals surface area contributed by atoms with Gasteiger partial charge in [0.2, 0.25) is 11.7 Å². The molecule has 0 aliphatic heterocycles. The topological polar surface area (TPSA) is 81.6 Å². The normalized spacial score (nSPS) is 11.6. The molecule has 2 heterocycles. The molecule has 2 N–H and O–H groups in total. The predicted octanol–water partition coefficient (Wildman–Crippen LogP) is 5.47. The van der Waals surface area contributed by atoms with E-state index in [2.05, 4.69) is 0 Å². The lowest BCUT2D eigenvalue weighted by atomic mass is 9.94. The molecular weight excluding hydrogens is 445 g/mol. The lowest BCUT2D eigenvalue weighted by Crippen LogP contribution is -2.12. The number of fused-ring (bicyclic) bond motifs is 1. The van der Waals surface area contributed by atoms with Gasteiger partial charge in [-0.2, -0.15) is 13.2 Å². The fraction of sp³-hybridized carbons (Fsp3) is 0.115. The first-order valence-electron chi connectivity index (χ1n) is 10.3. The van der Waals surface area contributed by atoms with Crippen molar-refractivity contribution < 1.29 is 27.6 Å². The fourth-order valence-corrected chi connectivity index (χ4v) is 3.96. The molecule has 172 valence electrons. The maximum Gasteiger partial charge on any atom is 0.416 e. The van der Waals surface area contributed by atoms with Crippen LogP contribution in [0, 0.1) is 6.92 Å². The van der Waals surface area contributed by atoms with E-state index in [-0.39, 0.29) is 33.5 Å². The van der Waals surface area contributed by atoms with E-state index in [0.29, 0.717) is 5.56 Å². The van der Waals surface area contributed by atoms with Crippen molar-refractivity contribution in [2.24, 2.45) is 5.73 Å². The molecule has 0 saturated carbocycles. The van der Waals surface area contributed by atoms with Crippen molar-refractivity contribution in [3.63, 3.8) is 0 Å². The zero-order chi connectivity index (χ0) is 24.8. The Kier molecular flexibility index (Phi) is 5.61. The predicted molar refractivity (Wildman–Crippen MR) is 121 cm³/mol. The minimum Gasteiger partial charge on any atom is -0.366 e. The number of benzene rings is 2. The molecule has 0 spiro atoms. The maximum absolute atomic E-state index is 13.7. The van der Waals surface area contributed by atoms with Gasteiger partial charge >= 0.3 is 6.18 Å². The Balaban J connectivity index is 2.12. The first-order valence-corrected chi connectivity index (χ1v) is 10.3. The number of carbonyl (C=O) groups is 3. The highest BCUT2D eigenvalue weighted by Gasteiger charge is 2.33. The van der Waals surface area contributed by atoms with Gasteiger partial charge in [0.25, 0.3) is 0 Å². The van der Waals surface area contributed by atoms with Gasteiger partial charge in [-0.3, -0.25) is 14.4 Å². The van der Waals surface area contributed by atoms with Crippen LogP contribution in [0.25, 0.3) is 16.6 Å². The number of carbonyl (C=O) groups excluding carboxylic acids is 3. The van der Waals surface area contributed by atoms with Crippen molar-refractivity contribution in [3.05, 3.63) is 100 Å². The molecule has 1 amide bonds. The quantitative estimate of drug-likeness (QED) is 0.398. The number of aryl methyl sites for hydroxylation is 1. The standard InChI is InChI=1S/C26H19F3N2O3/c1-14-6-8-16(9-7-14)24(33)23-22(17-4-3-5-19(12-17)26(27,28)29)21(15(2)32)20-13-18(25(30)34)10-11-31(20)23/h3-13H,1-2H3,(H2,30,34). The highest BCUT2D eigenvalue weighted by molar-refractivity contribution is 6.19. The van der Waals surface area contributed by atoms with Crippen LogP contribution in [0.4, 0.5) is 13.2 Å². The number of Topliss-reactive ketones (excluding diaryl/α,β-unsaturated/α-hetero) is 1. The number of rotatable bonds is 5. The van der Waals surface area contributed by atoms with Crippen LogP contribution in [0.5, 0.6) is 0 Å². The fourth-order valence-electron chi connectivity index (χ4n) is 3.96. The van der Waals surface area contributed by atoms with Gasteiger partial charge in [-0.05, 0) is 43.7 Å². The van der Waals surface area contributed by atoms with Gasteiger partial charge in [-0.1, -0.05) is 42.0 Å². The summed E-state index contributed by atoms with van der Waals surface area (Å²) in [5.41, 5.74) is 6.15. The monoisotopic (exact) mass is 464 g/mol. The largest absolute Gasteiger partial charge is 0.416 e. The molecule has 5 nitrogen and oxygen atoms in total. The number of alkyl halides is 3. The van der Waals surface area contributed by atoms with E-state index < -0.39 is 29.2 Å². The first-order chi connectivity index (χ1) is 16.0. The highest BCUT2D eigenvalue weighted by atomic mass is 19.4. The van der Waals surface area contributed by atoms with Gasteiger partial charge in [0.1, 0.15) is 5.69 Å². The molecule has 0 atom stereocenters. The number of pyridine rings is 1. The van der Waals surface area contributed by atoms with Gasteiger partial charge in [-0.25, -0.2) is 0 Å². The minimum atomic E-state index is -4.62. The Hall–Kier alpha value is -4.20. The zero-order valence-electron chi connectivity index (χ0n) is 18.2. The molecule has 0 bridgehead atoms. The molecule has 4 aromatic rings. The summed E-state index contributed by atoms with van der Waals surface area (Å²) in [6.45, 7) is 3.11. The second-order valence-corrected chi connectivity index (χ2v) is 7.96. The molecule has 0 saturated heterocycles. The van der Waals surface area contributed by atoms with Gasteiger partial charge in [0.05, 0.1) is 16.6 Å². The summed E-state index contributed by atoms with van der Waals surface area (Å²) in [6, 6.07) is 13.9. The van der Waals surface area contributed by atoms with Gasteiger partial charge < -0.3 is 10.1 Å². The smallest absolute Gasteiger partial charge is 0.366 e. The Bertz CT molecular complexity index is 1470. The third kappa shape index (κ3) is 3.98. The minimum absolute atomic E-state index is 0.0133. The maximum atomic E-state index is 13.7. The zero-order valence-corrected chi connectivity index (χ0v) is 18.2. The Morgan fingerprint density at radius 3 is 2.18 bits per heavy atom. The molecule has 0 aliphatic carbocycles. The van der Waals surface area contributed by atoms with Crippen LogP contribution in [-0.2, 0) is 6.18 Å². The highest BCUT2D eigenvalue weighted by Crippen LogP contribution is 2.38. The van der Waals surface area contributed by atoms with E-state index >= 15 is 0 Å². The average molecular weight is 464 g/mol.